The van der Waals surface area contributed by atoms with E-state index in [0.717, 1.165) is 27.8 Å². The van der Waals surface area contributed by atoms with Crippen molar-refractivity contribution in [2.45, 2.75) is 0 Å². The molecule has 4 aromatic carbocycles. The van der Waals surface area contributed by atoms with Crippen molar-refractivity contribution in [1.29, 1.82) is 0 Å². The fourth-order valence-electron chi connectivity index (χ4n) is 4.35. The zero-order valence-electron chi connectivity index (χ0n) is 21.3. The molecule has 9 nitrogen and oxygen atoms in total. The lowest BCUT2D eigenvalue weighted by Crippen LogP contribution is -2.12. The van der Waals surface area contributed by atoms with Gasteiger partial charge in [0.05, 0.1) is 14.2 Å². The first kappa shape index (κ1) is 23.9. The summed E-state index contributed by atoms with van der Waals surface area (Å²) < 4.78 is 12.2. The lowest BCUT2D eigenvalue weighted by molar-refractivity contribution is 0.102. The predicted molar refractivity (Wildman–Crippen MR) is 151 cm³/mol. The molecule has 6 rings (SSSR count). The molecule has 0 saturated carbocycles. The van der Waals surface area contributed by atoms with E-state index in [1.807, 2.05) is 60.7 Å². The summed E-state index contributed by atoms with van der Waals surface area (Å²) in [5.74, 6) is 2.47. The monoisotopic (exact) mass is 516 g/mol. The standard InChI is InChI=1S/C30H24N6O3/c1-38-23-14-10-19(11-15-23)28-33-34-29-26-9-4-3-8-25(26)27(35-36(28)29)31-22-7-5-6-20(18-22)30(37)32-21-12-16-24(39-2)17-13-21/h3-18H,1-2H3,(H,31,35)(H,32,37). The largest absolute Gasteiger partial charge is 0.497 e. The van der Waals surface area contributed by atoms with Gasteiger partial charge in [-0.1, -0.05) is 30.3 Å². The Balaban J connectivity index is 1.35. The number of amides is 1. The van der Waals surface area contributed by atoms with Crippen LogP contribution in [0.2, 0.25) is 0 Å². The lowest BCUT2D eigenvalue weighted by Gasteiger charge is -2.12. The van der Waals surface area contributed by atoms with Gasteiger partial charge < -0.3 is 20.1 Å². The molecular weight excluding hydrogens is 492 g/mol. The van der Waals surface area contributed by atoms with E-state index in [9.17, 15) is 4.79 Å². The molecule has 0 unspecified atom stereocenters. The van der Waals surface area contributed by atoms with E-state index in [2.05, 4.69) is 20.8 Å². The van der Waals surface area contributed by atoms with Crippen molar-refractivity contribution in [2.75, 3.05) is 24.9 Å². The minimum Gasteiger partial charge on any atom is -0.497 e. The maximum Gasteiger partial charge on any atom is 0.255 e. The minimum absolute atomic E-state index is 0.224. The van der Waals surface area contributed by atoms with Gasteiger partial charge in [0.1, 0.15) is 11.5 Å². The molecule has 0 aliphatic carbocycles. The summed E-state index contributed by atoms with van der Waals surface area (Å²) in [7, 11) is 3.23. The van der Waals surface area contributed by atoms with E-state index in [0.29, 0.717) is 34.2 Å². The Hall–Kier alpha value is -5.44. The Bertz CT molecular complexity index is 1800. The van der Waals surface area contributed by atoms with Gasteiger partial charge in [-0.05, 0) is 66.7 Å². The smallest absolute Gasteiger partial charge is 0.255 e. The number of hydrogen-bond donors (Lipinski definition) is 2. The maximum absolute atomic E-state index is 13.0. The summed E-state index contributed by atoms with van der Waals surface area (Å²) in [6, 6.07) is 29.9. The number of hydrogen-bond acceptors (Lipinski definition) is 7. The number of nitrogens with zero attached hydrogens (tertiary/aromatic N) is 4. The third-order valence-corrected chi connectivity index (χ3v) is 6.35. The van der Waals surface area contributed by atoms with Crippen molar-refractivity contribution in [3.63, 3.8) is 0 Å². The van der Waals surface area contributed by atoms with Gasteiger partial charge in [0, 0.05) is 33.3 Å². The van der Waals surface area contributed by atoms with Crippen LogP contribution < -0.4 is 20.1 Å². The molecular formula is C30H24N6O3. The third kappa shape index (κ3) is 4.69. The molecule has 0 aliphatic heterocycles. The quantitative estimate of drug-likeness (QED) is 0.270. The Morgan fingerprint density at radius 1 is 0.744 bits per heavy atom. The van der Waals surface area contributed by atoms with Crippen molar-refractivity contribution in [3.8, 4) is 22.9 Å². The average molecular weight is 517 g/mol. The number of benzene rings is 4. The molecule has 2 aromatic heterocycles. The fraction of sp³-hybridized carbons (Fsp3) is 0.0667. The molecule has 1 amide bonds. The second-order valence-corrected chi connectivity index (χ2v) is 8.77. The van der Waals surface area contributed by atoms with Gasteiger partial charge >= 0.3 is 0 Å². The second-order valence-electron chi connectivity index (χ2n) is 8.77. The van der Waals surface area contributed by atoms with Crippen LogP contribution in [0.15, 0.2) is 97.1 Å². The Labute approximate surface area is 224 Å². The summed E-state index contributed by atoms with van der Waals surface area (Å²) in [6.07, 6.45) is 0. The first-order chi connectivity index (χ1) is 19.1. The normalized spacial score (nSPS) is 10.9. The molecule has 39 heavy (non-hydrogen) atoms. The van der Waals surface area contributed by atoms with Gasteiger partial charge in [-0.3, -0.25) is 4.79 Å². The highest BCUT2D eigenvalue weighted by atomic mass is 16.5. The van der Waals surface area contributed by atoms with Crippen LogP contribution in [0.1, 0.15) is 10.4 Å². The molecule has 0 saturated heterocycles. The maximum atomic E-state index is 13.0. The van der Waals surface area contributed by atoms with Gasteiger partial charge in [0.25, 0.3) is 5.91 Å². The second kappa shape index (κ2) is 10.1. The fourth-order valence-corrected chi connectivity index (χ4v) is 4.35. The Morgan fingerprint density at radius 3 is 2.15 bits per heavy atom. The van der Waals surface area contributed by atoms with Crippen LogP contribution in [0.4, 0.5) is 17.2 Å². The molecule has 0 atom stereocenters. The lowest BCUT2D eigenvalue weighted by atomic mass is 10.1. The minimum atomic E-state index is -0.224. The average Bonchev–Trinajstić information content (AvgIpc) is 3.42. The summed E-state index contributed by atoms with van der Waals surface area (Å²) in [6.45, 7) is 0. The zero-order valence-corrected chi connectivity index (χ0v) is 21.3. The van der Waals surface area contributed by atoms with E-state index in [1.54, 1.807) is 55.1 Å². The summed E-state index contributed by atoms with van der Waals surface area (Å²) in [5, 5.41) is 21.8. The highest BCUT2D eigenvalue weighted by Gasteiger charge is 2.16. The number of carbonyl (C=O) groups excluding carboxylic acids is 1. The van der Waals surface area contributed by atoms with Gasteiger partial charge in [-0.2, -0.15) is 4.52 Å². The molecule has 0 radical (unpaired) electrons. The van der Waals surface area contributed by atoms with Gasteiger partial charge in [-0.25, -0.2) is 0 Å². The molecule has 0 aliphatic rings. The number of ether oxygens (including phenoxy) is 2. The molecule has 2 heterocycles. The molecule has 0 fully saturated rings. The van der Waals surface area contributed by atoms with Crippen molar-refractivity contribution in [1.82, 2.24) is 19.8 Å². The van der Waals surface area contributed by atoms with Crippen LogP contribution in [0.5, 0.6) is 11.5 Å². The van der Waals surface area contributed by atoms with E-state index in [-0.39, 0.29) is 5.91 Å². The van der Waals surface area contributed by atoms with Crippen LogP contribution in [0.3, 0.4) is 0 Å². The summed E-state index contributed by atoms with van der Waals surface area (Å²) in [5.41, 5.74) is 3.40. The summed E-state index contributed by atoms with van der Waals surface area (Å²) >= 11 is 0. The number of anilines is 3. The van der Waals surface area contributed by atoms with Crippen molar-refractivity contribution in [3.05, 3.63) is 103 Å². The van der Waals surface area contributed by atoms with Gasteiger partial charge in [0.15, 0.2) is 17.3 Å². The van der Waals surface area contributed by atoms with Crippen molar-refractivity contribution < 1.29 is 14.3 Å². The van der Waals surface area contributed by atoms with E-state index in [1.165, 1.54) is 0 Å². The van der Waals surface area contributed by atoms with Crippen molar-refractivity contribution >= 4 is 39.5 Å². The number of methoxy groups -OCH3 is 2. The van der Waals surface area contributed by atoms with Crippen LogP contribution in [0, 0.1) is 0 Å². The number of aromatic nitrogens is 4. The molecule has 6 aromatic rings. The zero-order chi connectivity index (χ0) is 26.8. The molecule has 9 heteroatoms. The molecule has 0 bridgehead atoms. The van der Waals surface area contributed by atoms with E-state index >= 15 is 0 Å². The van der Waals surface area contributed by atoms with E-state index < -0.39 is 0 Å². The summed E-state index contributed by atoms with van der Waals surface area (Å²) in [4.78, 5) is 13.0. The number of rotatable bonds is 7. The predicted octanol–water partition coefficient (Wildman–Crippen LogP) is 5.96. The Kier molecular flexibility index (Phi) is 6.22. The SMILES string of the molecule is COc1ccc(NC(=O)c2cccc(Nc3nn4c(-c5ccc(OC)cc5)nnc4c4ccccc34)c2)cc1. The van der Waals surface area contributed by atoms with Gasteiger partial charge in [-0.15, -0.1) is 15.3 Å². The van der Waals surface area contributed by atoms with Crippen LogP contribution in [0.25, 0.3) is 27.8 Å². The number of nitrogens with one attached hydrogen (secondary N) is 2. The van der Waals surface area contributed by atoms with E-state index in [4.69, 9.17) is 14.6 Å². The third-order valence-electron chi connectivity index (χ3n) is 6.35. The molecule has 2 N–H and O–H groups in total. The van der Waals surface area contributed by atoms with Crippen LogP contribution in [-0.4, -0.2) is 39.9 Å². The molecule has 0 spiro atoms. The molecule has 192 valence electrons. The first-order valence-electron chi connectivity index (χ1n) is 12.2. The van der Waals surface area contributed by atoms with Crippen LogP contribution >= 0.6 is 0 Å². The van der Waals surface area contributed by atoms with Crippen molar-refractivity contribution in [2.24, 2.45) is 0 Å². The number of carbonyl (C=O) groups is 1. The highest BCUT2D eigenvalue weighted by molar-refractivity contribution is 6.05. The van der Waals surface area contributed by atoms with Gasteiger partial charge in [0.2, 0.25) is 0 Å². The highest BCUT2D eigenvalue weighted by Crippen LogP contribution is 2.30. The first-order valence-corrected chi connectivity index (χ1v) is 12.2. The Morgan fingerprint density at radius 2 is 1.44 bits per heavy atom. The van der Waals surface area contributed by atoms with Crippen LogP contribution in [-0.2, 0) is 0 Å². The topological polar surface area (TPSA) is 103 Å². The number of fused-ring (bicyclic) bond motifs is 3.